The van der Waals surface area contributed by atoms with E-state index >= 15 is 0 Å². The van der Waals surface area contributed by atoms with Crippen LogP contribution in [0.15, 0.2) is 72.4 Å². The maximum atomic E-state index is 8.78. The summed E-state index contributed by atoms with van der Waals surface area (Å²) in [6.07, 6.45) is 6.32. The van der Waals surface area contributed by atoms with Crippen molar-refractivity contribution in [3.05, 3.63) is 89.1 Å². The van der Waals surface area contributed by atoms with E-state index in [2.05, 4.69) is 73.4 Å². The Morgan fingerprint density at radius 3 is 2.27 bits per heavy atom. The molecule has 0 radical (unpaired) electrons. The maximum absolute atomic E-state index is 8.78. The zero-order chi connectivity index (χ0) is 15.8. The first kappa shape index (κ1) is 16.0. The second kappa shape index (κ2) is 7.58. The highest BCUT2D eigenvalue weighted by Gasteiger charge is 2.16. The van der Waals surface area contributed by atoms with E-state index in [-0.39, 0.29) is 0 Å². The number of rotatable bonds is 5. The summed E-state index contributed by atoms with van der Waals surface area (Å²) in [6, 6.07) is 21.6. The molecule has 0 saturated heterocycles. The Bertz CT molecular complexity index is 689. The Hall–Kier alpha value is -2.37. The van der Waals surface area contributed by atoms with Crippen LogP contribution in [0.4, 0.5) is 0 Å². The van der Waals surface area contributed by atoms with Crippen LogP contribution in [0.2, 0.25) is 13.1 Å². The lowest BCUT2D eigenvalue weighted by Crippen LogP contribution is -2.26. The quantitative estimate of drug-likeness (QED) is 0.553. The van der Waals surface area contributed by atoms with E-state index in [0.29, 0.717) is 5.56 Å². The zero-order valence-corrected chi connectivity index (χ0v) is 14.2. The molecule has 0 saturated carbocycles. The van der Waals surface area contributed by atoms with Gasteiger partial charge in [0.2, 0.25) is 0 Å². The van der Waals surface area contributed by atoms with Gasteiger partial charge in [-0.1, -0.05) is 85.0 Å². The predicted octanol–water partition coefficient (Wildman–Crippen LogP) is 5.16. The van der Waals surface area contributed by atoms with Crippen molar-refractivity contribution in [1.82, 2.24) is 0 Å². The molecule has 2 heteroatoms. The molecule has 1 nitrogen and oxygen atoms in total. The van der Waals surface area contributed by atoms with Crippen molar-refractivity contribution in [2.45, 2.75) is 19.1 Å². The Morgan fingerprint density at radius 2 is 1.64 bits per heavy atom. The fourth-order valence-corrected chi connectivity index (χ4v) is 4.37. The minimum atomic E-state index is -1.37. The molecular formula is C20H21NSi. The lowest BCUT2D eigenvalue weighted by Gasteiger charge is -2.17. The average molecular weight is 303 g/mol. The number of allylic oxidation sites excluding steroid dienone is 2. The fraction of sp³-hybridized carbons (Fsp3) is 0.150. The molecule has 0 N–H and O–H groups in total. The van der Waals surface area contributed by atoms with Crippen LogP contribution >= 0.6 is 0 Å². The van der Waals surface area contributed by atoms with E-state index in [0.717, 1.165) is 11.6 Å². The SMILES string of the molecule is C[Si](C)(/C=C/C=C/c1ccc(C#N)cc1)Cc1ccccc1. The summed E-state index contributed by atoms with van der Waals surface area (Å²) in [4.78, 5) is 0. The standard InChI is InChI=1S/C20H21NSi/c1-22(2,17-20-9-4-3-5-10-20)15-7-6-8-18-11-13-19(16-21)14-12-18/h3-15H,17H2,1-2H3/b8-6+,15-7+. The molecular weight excluding hydrogens is 282 g/mol. The molecule has 22 heavy (non-hydrogen) atoms. The van der Waals surface area contributed by atoms with Crippen LogP contribution in [0.1, 0.15) is 16.7 Å². The fourth-order valence-electron chi connectivity index (χ4n) is 2.33. The minimum absolute atomic E-state index is 0.698. The molecule has 0 fully saturated rings. The van der Waals surface area contributed by atoms with Crippen molar-refractivity contribution in [1.29, 1.82) is 5.26 Å². The monoisotopic (exact) mass is 303 g/mol. The highest BCUT2D eigenvalue weighted by atomic mass is 28.3. The van der Waals surface area contributed by atoms with Crippen LogP contribution in [0, 0.1) is 11.3 Å². The zero-order valence-electron chi connectivity index (χ0n) is 13.2. The van der Waals surface area contributed by atoms with Crippen LogP contribution in [-0.4, -0.2) is 8.07 Å². The van der Waals surface area contributed by atoms with Crippen LogP contribution in [0.3, 0.4) is 0 Å². The number of hydrogen-bond acceptors (Lipinski definition) is 1. The summed E-state index contributed by atoms with van der Waals surface area (Å²) in [5.74, 6) is 0. The van der Waals surface area contributed by atoms with Gasteiger partial charge in [0.15, 0.2) is 0 Å². The molecule has 0 amide bonds. The van der Waals surface area contributed by atoms with Crippen molar-refractivity contribution >= 4 is 14.1 Å². The lowest BCUT2D eigenvalue weighted by atomic mass is 10.1. The Labute approximate surface area is 134 Å². The van der Waals surface area contributed by atoms with Crippen LogP contribution < -0.4 is 0 Å². The third-order valence-electron chi connectivity index (χ3n) is 3.49. The summed E-state index contributed by atoms with van der Waals surface area (Å²) in [5, 5.41) is 8.78. The molecule has 2 aromatic rings. The van der Waals surface area contributed by atoms with Gasteiger partial charge in [0, 0.05) is 0 Å². The van der Waals surface area contributed by atoms with E-state index in [1.807, 2.05) is 24.3 Å². The third kappa shape index (κ3) is 5.20. The largest absolute Gasteiger partial charge is 0.192 e. The molecule has 2 rings (SSSR count). The molecule has 0 aromatic heterocycles. The number of nitriles is 1. The first-order valence-electron chi connectivity index (χ1n) is 7.49. The molecule has 0 aliphatic rings. The first-order valence-corrected chi connectivity index (χ1v) is 10.8. The smallest absolute Gasteiger partial charge is 0.0991 e. The molecule has 0 unspecified atom stereocenters. The summed E-state index contributed by atoms with van der Waals surface area (Å²) in [6.45, 7) is 4.76. The van der Waals surface area contributed by atoms with E-state index in [4.69, 9.17) is 5.26 Å². The van der Waals surface area contributed by atoms with Gasteiger partial charge >= 0.3 is 0 Å². The van der Waals surface area contributed by atoms with Crippen LogP contribution in [0.5, 0.6) is 0 Å². The predicted molar refractivity (Wildman–Crippen MR) is 97.0 cm³/mol. The van der Waals surface area contributed by atoms with E-state index in [1.54, 1.807) is 0 Å². The molecule has 110 valence electrons. The Kier molecular flexibility index (Phi) is 5.52. The topological polar surface area (TPSA) is 23.8 Å². The normalized spacial score (nSPS) is 11.9. The van der Waals surface area contributed by atoms with E-state index in [9.17, 15) is 0 Å². The molecule has 0 aliphatic heterocycles. The lowest BCUT2D eigenvalue weighted by molar-refractivity contribution is 1.32. The van der Waals surface area contributed by atoms with Crippen molar-refractivity contribution in [3.8, 4) is 6.07 Å². The van der Waals surface area contributed by atoms with Gasteiger partial charge in [-0.25, -0.2) is 0 Å². The van der Waals surface area contributed by atoms with Gasteiger partial charge in [-0.15, -0.1) is 0 Å². The number of nitrogens with zero attached hydrogens (tertiary/aromatic N) is 1. The number of hydrogen-bond donors (Lipinski definition) is 0. The van der Waals surface area contributed by atoms with Gasteiger partial charge in [0.05, 0.1) is 19.7 Å². The molecule has 2 aromatic carbocycles. The van der Waals surface area contributed by atoms with E-state index < -0.39 is 8.07 Å². The van der Waals surface area contributed by atoms with Gasteiger partial charge in [-0.3, -0.25) is 0 Å². The third-order valence-corrected chi connectivity index (χ3v) is 5.90. The highest BCUT2D eigenvalue weighted by Crippen LogP contribution is 2.13. The minimum Gasteiger partial charge on any atom is -0.192 e. The Balaban J connectivity index is 1.95. The van der Waals surface area contributed by atoms with Gasteiger partial charge in [-0.2, -0.15) is 5.26 Å². The van der Waals surface area contributed by atoms with Crippen LogP contribution in [0.25, 0.3) is 6.08 Å². The molecule has 0 heterocycles. The molecule has 0 atom stereocenters. The summed E-state index contributed by atoms with van der Waals surface area (Å²) < 4.78 is 0. The highest BCUT2D eigenvalue weighted by molar-refractivity contribution is 6.81. The van der Waals surface area contributed by atoms with Crippen molar-refractivity contribution in [3.63, 3.8) is 0 Å². The average Bonchev–Trinajstić information content (AvgIpc) is 2.53. The van der Waals surface area contributed by atoms with Gasteiger partial charge in [0.25, 0.3) is 0 Å². The van der Waals surface area contributed by atoms with E-state index in [1.165, 1.54) is 5.56 Å². The molecule has 0 bridgehead atoms. The summed E-state index contributed by atoms with van der Waals surface area (Å²) in [7, 11) is -1.37. The Morgan fingerprint density at radius 1 is 0.955 bits per heavy atom. The second-order valence-electron chi connectivity index (χ2n) is 6.10. The second-order valence-corrected chi connectivity index (χ2v) is 10.8. The summed E-state index contributed by atoms with van der Waals surface area (Å²) >= 11 is 0. The van der Waals surface area contributed by atoms with Crippen LogP contribution in [-0.2, 0) is 6.04 Å². The maximum Gasteiger partial charge on any atom is 0.0991 e. The molecule has 0 aliphatic carbocycles. The van der Waals surface area contributed by atoms with Crippen molar-refractivity contribution in [2.75, 3.05) is 0 Å². The van der Waals surface area contributed by atoms with Gasteiger partial charge in [0.1, 0.15) is 0 Å². The molecule has 0 spiro atoms. The summed E-state index contributed by atoms with van der Waals surface area (Å²) in [5.41, 5.74) is 5.61. The van der Waals surface area contributed by atoms with Crippen molar-refractivity contribution in [2.24, 2.45) is 0 Å². The number of benzene rings is 2. The van der Waals surface area contributed by atoms with Crippen molar-refractivity contribution < 1.29 is 0 Å². The van der Waals surface area contributed by atoms with Gasteiger partial charge in [-0.05, 0) is 23.7 Å². The first-order chi connectivity index (χ1) is 10.6. The van der Waals surface area contributed by atoms with Gasteiger partial charge < -0.3 is 0 Å².